The zero-order valence-corrected chi connectivity index (χ0v) is 10.7. The van der Waals surface area contributed by atoms with Crippen molar-refractivity contribution in [3.63, 3.8) is 0 Å². The van der Waals surface area contributed by atoms with Crippen LogP contribution in [0.25, 0.3) is 0 Å². The van der Waals surface area contributed by atoms with Crippen molar-refractivity contribution in [3.8, 4) is 5.75 Å². The fraction of sp³-hybridized carbons (Fsp3) is 0.571. The minimum absolute atomic E-state index is 0.0113. The Balaban J connectivity index is 1.93. The summed E-state index contributed by atoms with van der Waals surface area (Å²) in [6, 6.07) is 2.65. The van der Waals surface area contributed by atoms with Crippen LogP contribution in [-0.4, -0.2) is 36.2 Å². The average Bonchev–Trinajstić information content (AvgIpc) is 3.25. The van der Waals surface area contributed by atoms with E-state index in [0.717, 1.165) is 45.1 Å². The Morgan fingerprint density at radius 1 is 1.21 bits per heavy atom. The molecule has 1 aromatic carbocycles. The second-order valence-corrected chi connectivity index (χ2v) is 5.37. The van der Waals surface area contributed by atoms with Crippen LogP contribution in [0.5, 0.6) is 5.75 Å². The van der Waals surface area contributed by atoms with E-state index in [1.807, 2.05) is 0 Å². The van der Waals surface area contributed by atoms with Crippen LogP contribution in [-0.2, 0) is 0 Å². The molecule has 5 heteroatoms. The molecule has 1 aromatic rings. The normalized spacial score (nSPS) is 22.4. The van der Waals surface area contributed by atoms with Crippen LogP contribution in [0.15, 0.2) is 12.1 Å². The number of nitrogens with one attached hydrogen (secondary N) is 1. The fourth-order valence-corrected chi connectivity index (χ4v) is 2.91. The predicted octanol–water partition coefficient (Wildman–Crippen LogP) is 2.03. The van der Waals surface area contributed by atoms with Gasteiger partial charge >= 0.3 is 0 Å². The summed E-state index contributed by atoms with van der Waals surface area (Å²) >= 11 is 0. The highest BCUT2D eigenvalue weighted by atomic mass is 19.2. The van der Waals surface area contributed by atoms with Crippen molar-refractivity contribution in [2.24, 2.45) is 5.92 Å². The van der Waals surface area contributed by atoms with Crippen LogP contribution in [0, 0.1) is 17.6 Å². The molecule has 19 heavy (non-hydrogen) atoms. The molecule has 2 aliphatic rings. The Kier molecular flexibility index (Phi) is 3.41. The number of phenols is 1. The summed E-state index contributed by atoms with van der Waals surface area (Å²) in [5, 5.41) is 13.2. The standard InChI is InChI=1S/C14H18F2N2O/c15-11-4-3-10(14(19)12(11)16)13(9-1-2-9)18-7-5-17-6-8-18/h3-4,9,13,17,19H,1-2,5-8H2/t13-/m1/s1. The van der Waals surface area contributed by atoms with Gasteiger partial charge < -0.3 is 10.4 Å². The average molecular weight is 268 g/mol. The quantitative estimate of drug-likeness (QED) is 0.880. The highest BCUT2D eigenvalue weighted by Gasteiger charge is 2.38. The summed E-state index contributed by atoms with van der Waals surface area (Å²) in [7, 11) is 0. The van der Waals surface area contributed by atoms with E-state index in [9.17, 15) is 13.9 Å². The molecule has 2 N–H and O–H groups in total. The maximum Gasteiger partial charge on any atom is 0.200 e. The molecular formula is C14H18F2N2O. The molecule has 1 heterocycles. The van der Waals surface area contributed by atoms with Crippen molar-refractivity contribution in [1.82, 2.24) is 10.2 Å². The molecular weight excluding hydrogens is 250 g/mol. The highest BCUT2D eigenvalue weighted by molar-refractivity contribution is 5.38. The molecule has 0 radical (unpaired) electrons. The lowest BCUT2D eigenvalue weighted by molar-refractivity contribution is 0.153. The van der Waals surface area contributed by atoms with Gasteiger partial charge in [0.1, 0.15) is 0 Å². The first-order valence-corrected chi connectivity index (χ1v) is 6.80. The van der Waals surface area contributed by atoms with Gasteiger partial charge in [-0.3, -0.25) is 4.90 Å². The van der Waals surface area contributed by atoms with E-state index in [0.29, 0.717) is 11.5 Å². The zero-order chi connectivity index (χ0) is 13.4. The SMILES string of the molecule is Oc1c([C@@H](C2CC2)N2CCNCC2)ccc(F)c1F. The molecule has 104 valence electrons. The van der Waals surface area contributed by atoms with E-state index in [4.69, 9.17) is 0 Å². The molecule has 2 fully saturated rings. The lowest BCUT2D eigenvalue weighted by atomic mass is 9.98. The number of piperazine rings is 1. The van der Waals surface area contributed by atoms with Crippen LogP contribution >= 0.6 is 0 Å². The second-order valence-electron chi connectivity index (χ2n) is 5.37. The summed E-state index contributed by atoms with van der Waals surface area (Å²) in [4.78, 5) is 2.26. The minimum Gasteiger partial charge on any atom is -0.505 e. The Morgan fingerprint density at radius 2 is 1.89 bits per heavy atom. The first kappa shape index (κ1) is 12.8. The van der Waals surface area contributed by atoms with Gasteiger partial charge in [-0.2, -0.15) is 4.39 Å². The Hall–Kier alpha value is -1.20. The lowest BCUT2D eigenvalue weighted by Crippen LogP contribution is -2.45. The predicted molar refractivity (Wildman–Crippen MR) is 67.9 cm³/mol. The number of halogens is 2. The molecule has 0 spiro atoms. The largest absolute Gasteiger partial charge is 0.505 e. The van der Waals surface area contributed by atoms with Gasteiger partial charge in [0.2, 0.25) is 5.82 Å². The molecule has 1 atom stereocenters. The number of aromatic hydroxyl groups is 1. The first-order chi connectivity index (χ1) is 9.18. The molecule has 1 aliphatic carbocycles. The number of phenolic OH excluding ortho intramolecular Hbond substituents is 1. The Labute approximate surface area is 111 Å². The molecule has 0 bridgehead atoms. The fourth-order valence-electron chi connectivity index (χ4n) is 2.91. The number of rotatable bonds is 3. The lowest BCUT2D eigenvalue weighted by Gasteiger charge is -2.35. The van der Waals surface area contributed by atoms with E-state index in [-0.39, 0.29) is 6.04 Å². The molecule has 1 aliphatic heterocycles. The van der Waals surface area contributed by atoms with Crippen LogP contribution in [0.2, 0.25) is 0 Å². The first-order valence-electron chi connectivity index (χ1n) is 6.80. The summed E-state index contributed by atoms with van der Waals surface area (Å²) < 4.78 is 26.7. The molecule has 3 rings (SSSR count). The van der Waals surface area contributed by atoms with E-state index in [1.54, 1.807) is 0 Å². The smallest absolute Gasteiger partial charge is 0.200 e. The monoisotopic (exact) mass is 268 g/mol. The minimum atomic E-state index is -1.13. The van der Waals surface area contributed by atoms with Crippen LogP contribution in [0.3, 0.4) is 0 Å². The third-order valence-electron chi connectivity index (χ3n) is 4.03. The third-order valence-corrected chi connectivity index (χ3v) is 4.03. The molecule has 3 nitrogen and oxygen atoms in total. The maximum atomic E-state index is 13.5. The summed E-state index contributed by atoms with van der Waals surface area (Å²) in [5.41, 5.74) is 0.531. The van der Waals surface area contributed by atoms with E-state index >= 15 is 0 Å². The maximum absolute atomic E-state index is 13.5. The van der Waals surface area contributed by atoms with Crippen molar-refractivity contribution in [2.75, 3.05) is 26.2 Å². The van der Waals surface area contributed by atoms with Gasteiger partial charge in [0.25, 0.3) is 0 Å². The van der Waals surface area contributed by atoms with E-state index in [2.05, 4.69) is 10.2 Å². The summed E-state index contributed by atoms with van der Waals surface area (Å²) in [5.74, 6) is -2.18. The zero-order valence-electron chi connectivity index (χ0n) is 10.7. The van der Waals surface area contributed by atoms with Crippen molar-refractivity contribution in [2.45, 2.75) is 18.9 Å². The number of benzene rings is 1. The van der Waals surface area contributed by atoms with Gasteiger partial charge in [0, 0.05) is 37.8 Å². The summed E-state index contributed by atoms with van der Waals surface area (Å²) in [6.07, 6.45) is 2.18. The highest BCUT2D eigenvalue weighted by Crippen LogP contribution is 2.47. The third kappa shape index (κ3) is 2.44. The van der Waals surface area contributed by atoms with E-state index in [1.165, 1.54) is 6.07 Å². The molecule has 1 saturated carbocycles. The second kappa shape index (κ2) is 5.06. The summed E-state index contributed by atoms with van der Waals surface area (Å²) in [6.45, 7) is 3.54. The van der Waals surface area contributed by atoms with Crippen molar-refractivity contribution >= 4 is 0 Å². The molecule has 0 amide bonds. The number of nitrogens with zero attached hydrogens (tertiary/aromatic N) is 1. The van der Waals surface area contributed by atoms with Gasteiger partial charge in [-0.05, 0) is 24.8 Å². The van der Waals surface area contributed by atoms with Gasteiger partial charge in [-0.15, -0.1) is 0 Å². The topological polar surface area (TPSA) is 35.5 Å². The van der Waals surface area contributed by atoms with Gasteiger partial charge in [0.15, 0.2) is 11.6 Å². The van der Waals surface area contributed by atoms with Gasteiger partial charge in [-0.25, -0.2) is 4.39 Å². The van der Waals surface area contributed by atoms with Crippen molar-refractivity contribution in [1.29, 1.82) is 0 Å². The van der Waals surface area contributed by atoms with Crippen LogP contribution < -0.4 is 5.32 Å². The molecule has 0 unspecified atom stereocenters. The number of hydrogen-bond acceptors (Lipinski definition) is 3. The molecule has 1 saturated heterocycles. The van der Waals surface area contributed by atoms with E-state index < -0.39 is 17.4 Å². The van der Waals surface area contributed by atoms with Crippen molar-refractivity contribution in [3.05, 3.63) is 29.3 Å². The molecule has 0 aromatic heterocycles. The van der Waals surface area contributed by atoms with Gasteiger partial charge in [-0.1, -0.05) is 6.07 Å². The van der Waals surface area contributed by atoms with Crippen LogP contribution in [0.4, 0.5) is 8.78 Å². The van der Waals surface area contributed by atoms with Gasteiger partial charge in [0.05, 0.1) is 0 Å². The van der Waals surface area contributed by atoms with Crippen LogP contribution in [0.1, 0.15) is 24.4 Å². The van der Waals surface area contributed by atoms with Crippen molar-refractivity contribution < 1.29 is 13.9 Å². The Morgan fingerprint density at radius 3 is 2.53 bits per heavy atom. The Bertz CT molecular complexity index is 471. The number of hydrogen-bond donors (Lipinski definition) is 2.